The third-order valence-electron chi connectivity index (χ3n) is 5.97. The quantitative estimate of drug-likeness (QED) is 0.670. The van der Waals surface area contributed by atoms with Crippen molar-refractivity contribution in [2.24, 2.45) is 0 Å². The fraction of sp³-hybridized carbons (Fsp3) is 0.217. The molecule has 3 aliphatic heterocycles. The first kappa shape index (κ1) is 15.8. The summed E-state index contributed by atoms with van der Waals surface area (Å²) in [6.07, 6.45) is 0. The summed E-state index contributed by atoms with van der Waals surface area (Å²) in [6.45, 7) is 2.36. The predicted octanol–water partition coefficient (Wildman–Crippen LogP) is 4.25. The largest absolute Gasteiger partial charge is 0.492 e. The highest BCUT2D eigenvalue weighted by Gasteiger charge is 2.50. The molecule has 1 unspecified atom stereocenters. The maximum atomic E-state index is 13.3. The van der Waals surface area contributed by atoms with Gasteiger partial charge in [0, 0.05) is 30.4 Å². The maximum Gasteiger partial charge on any atom is 0.231 e. The molecule has 1 atom stereocenters. The number of fused-ring (bicyclic) bond motifs is 5. The normalized spacial score (nSPS) is 21.0. The Morgan fingerprint density at radius 1 is 0.857 bits per heavy atom. The van der Waals surface area contributed by atoms with Crippen molar-refractivity contribution in [3.05, 3.63) is 83.2 Å². The van der Waals surface area contributed by atoms with E-state index in [0.29, 0.717) is 6.61 Å². The lowest BCUT2D eigenvalue weighted by Gasteiger charge is -2.25. The zero-order chi connectivity index (χ0) is 18.7. The molecule has 28 heavy (non-hydrogen) atoms. The highest BCUT2D eigenvalue weighted by atomic mass is 19.1. The van der Waals surface area contributed by atoms with Gasteiger partial charge in [0.1, 0.15) is 18.2 Å². The van der Waals surface area contributed by atoms with E-state index in [4.69, 9.17) is 14.2 Å². The molecule has 6 rings (SSSR count). The molecule has 0 amide bonds. The van der Waals surface area contributed by atoms with Crippen LogP contribution in [0.5, 0.6) is 17.2 Å². The molecule has 140 valence electrons. The van der Waals surface area contributed by atoms with Gasteiger partial charge < -0.3 is 19.1 Å². The van der Waals surface area contributed by atoms with Crippen molar-refractivity contribution in [1.82, 2.24) is 0 Å². The predicted molar refractivity (Wildman–Crippen MR) is 103 cm³/mol. The van der Waals surface area contributed by atoms with Crippen molar-refractivity contribution in [2.45, 2.75) is 12.0 Å². The lowest BCUT2D eigenvalue weighted by atomic mass is 9.77. The first-order chi connectivity index (χ1) is 13.7. The van der Waals surface area contributed by atoms with E-state index in [-0.39, 0.29) is 18.0 Å². The van der Waals surface area contributed by atoms with Gasteiger partial charge in [0.25, 0.3) is 0 Å². The second kappa shape index (κ2) is 5.64. The van der Waals surface area contributed by atoms with Crippen LogP contribution in [0.4, 0.5) is 10.1 Å². The number of rotatable bonds is 2. The van der Waals surface area contributed by atoms with Crippen molar-refractivity contribution in [1.29, 1.82) is 0 Å². The smallest absolute Gasteiger partial charge is 0.231 e. The second-order valence-electron chi connectivity index (χ2n) is 7.57. The Kier molecular flexibility index (Phi) is 3.19. The van der Waals surface area contributed by atoms with Crippen LogP contribution in [0.2, 0.25) is 0 Å². The second-order valence-corrected chi connectivity index (χ2v) is 7.57. The summed E-state index contributed by atoms with van der Waals surface area (Å²) in [5.41, 5.74) is 4.44. The lowest BCUT2D eigenvalue weighted by molar-refractivity contribution is 0.173. The van der Waals surface area contributed by atoms with E-state index in [2.05, 4.69) is 35.2 Å². The Hall–Kier alpha value is -3.21. The van der Waals surface area contributed by atoms with Gasteiger partial charge >= 0.3 is 0 Å². The number of halogens is 1. The Morgan fingerprint density at radius 3 is 2.50 bits per heavy atom. The third-order valence-corrected chi connectivity index (χ3v) is 5.97. The van der Waals surface area contributed by atoms with Crippen LogP contribution in [0.3, 0.4) is 0 Å². The van der Waals surface area contributed by atoms with Gasteiger partial charge in [-0.05, 0) is 35.4 Å². The van der Waals surface area contributed by atoms with Crippen LogP contribution in [0.25, 0.3) is 0 Å². The van der Waals surface area contributed by atoms with Gasteiger partial charge in [0.2, 0.25) is 6.79 Å². The van der Waals surface area contributed by atoms with Crippen molar-refractivity contribution >= 4 is 5.69 Å². The Balaban J connectivity index is 1.44. The number of para-hydroxylation sites is 1. The van der Waals surface area contributed by atoms with E-state index in [9.17, 15) is 4.39 Å². The van der Waals surface area contributed by atoms with E-state index >= 15 is 0 Å². The van der Waals surface area contributed by atoms with Crippen LogP contribution in [0.1, 0.15) is 16.7 Å². The van der Waals surface area contributed by atoms with Crippen LogP contribution in [-0.2, 0) is 12.0 Å². The first-order valence-corrected chi connectivity index (χ1v) is 9.39. The molecule has 3 aliphatic rings. The number of nitrogens with zero attached hydrogens (tertiary/aromatic N) is 1. The SMILES string of the molecule is Fc1ccc(CN2CC3(COc4cc5c(cc43)OCO5)c3ccccc32)cc1. The molecule has 4 nitrogen and oxygen atoms in total. The average Bonchev–Trinajstić information content (AvgIpc) is 3.40. The van der Waals surface area contributed by atoms with Crippen molar-refractivity contribution in [3.8, 4) is 17.2 Å². The molecule has 0 radical (unpaired) electrons. The molecule has 3 aromatic rings. The van der Waals surface area contributed by atoms with E-state index in [0.717, 1.165) is 41.5 Å². The van der Waals surface area contributed by atoms with Crippen LogP contribution in [0.15, 0.2) is 60.7 Å². The fourth-order valence-electron chi connectivity index (χ4n) is 4.65. The topological polar surface area (TPSA) is 30.9 Å². The van der Waals surface area contributed by atoms with Gasteiger partial charge in [-0.3, -0.25) is 0 Å². The molecule has 0 bridgehead atoms. The highest BCUT2D eigenvalue weighted by molar-refractivity contribution is 5.70. The van der Waals surface area contributed by atoms with E-state index in [1.54, 1.807) is 0 Å². The summed E-state index contributed by atoms with van der Waals surface area (Å²) >= 11 is 0. The monoisotopic (exact) mass is 375 g/mol. The Bertz CT molecular complexity index is 1080. The average molecular weight is 375 g/mol. The van der Waals surface area contributed by atoms with Crippen molar-refractivity contribution < 1.29 is 18.6 Å². The number of ether oxygens (including phenoxy) is 3. The number of hydrogen-bond acceptors (Lipinski definition) is 4. The summed E-state index contributed by atoms with van der Waals surface area (Å²) in [4.78, 5) is 2.35. The number of hydrogen-bond donors (Lipinski definition) is 0. The maximum absolute atomic E-state index is 13.3. The summed E-state index contributed by atoms with van der Waals surface area (Å²) in [6, 6.07) is 19.2. The van der Waals surface area contributed by atoms with Crippen molar-refractivity contribution in [2.75, 3.05) is 24.8 Å². The fourth-order valence-corrected chi connectivity index (χ4v) is 4.65. The first-order valence-electron chi connectivity index (χ1n) is 9.39. The highest BCUT2D eigenvalue weighted by Crippen LogP contribution is 2.54. The zero-order valence-electron chi connectivity index (χ0n) is 15.2. The zero-order valence-corrected chi connectivity index (χ0v) is 15.2. The Morgan fingerprint density at radius 2 is 1.64 bits per heavy atom. The molecule has 3 heterocycles. The molecular formula is C23H18FNO3. The molecule has 0 fully saturated rings. The van der Waals surface area contributed by atoms with Crippen LogP contribution in [0, 0.1) is 5.82 Å². The van der Waals surface area contributed by atoms with Crippen LogP contribution < -0.4 is 19.1 Å². The standard InChI is InChI=1S/C23H18FNO3/c24-16-7-5-15(6-8-16)11-25-12-23(17-3-1-2-4-19(17)25)13-26-20-10-22-21(9-18(20)23)27-14-28-22/h1-10H,11-14H2. The number of benzene rings is 3. The van der Waals surface area contributed by atoms with Crippen molar-refractivity contribution in [3.63, 3.8) is 0 Å². The molecule has 0 N–H and O–H groups in total. The minimum atomic E-state index is -0.243. The van der Waals surface area contributed by atoms with E-state index in [1.807, 2.05) is 18.2 Å². The minimum Gasteiger partial charge on any atom is -0.492 e. The van der Waals surface area contributed by atoms with Gasteiger partial charge in [-0.25, -0.2) is 4.39 Å². The van der Waals surface area contributed by atoms with Crippen LogP contribution in [-0.4, -0.2) is 19.9 Å². The number of anilines is 1. The van der Waals surface area contributed by atoms with Crippen LogP contribution >= 0.6 is 0 Å². The summed E-state index contributed by atoms with van der Waals surface area (Å²) in [5.74, 6) is 2.17. The molecule has 0 aliphatic carbocycles. The summed E-state index contributed by atoms with van der Waals surface area (Å²) in [7, 11) is 0. The molecule has 5 heteroatoms. The molecular weight excluding hydrogens is 357 g/mol. The summed E-state index contributed by atoms with van der Waals surface area (Å²) in [5, 5.41) is 0. The van der Waals surface area contributed by atoms with Gasteiger partial charge in [-0.1, -0.05) is 30.3 Å². The molecule has 0 saturated carbocycles. The summed E-state index contributed by atoms with van der Waals surface area (Å²) < 4.78 is 30.6. The van der Waals surface area contributed by atoms with Gasteiger partial charge in [0.15, 0.2) is 11.5 Å². The van der Waals surface area contributed by atoms with Gasteiger partial charge in [-0.2, -0.15) is 0 Å². The lowest BCUT2D eigenvalue weighted by Crippen LogP contribution is -2.35. The Labute approximate surface area is 162 Å². The van der Waals surface area contributed by atoms with Gasteiger partial charge in [-0.15, -0.1) is 0 Å². The molecule has 0 saturated heterocycles. The molecule has 0 aromatic heterocycles. The minimum absolute atomic E-state index is 0.212. The molecule has 1 spiro atoms. The van der Waals surface area contributed by atoms with E-state index < -0.39 is 0 Å². The molecule has 3 aromatic carbocycles. The third kappa shape index (κ3) is 2.16. The van der Waals surface area contributed by atoms with Gasteiger partial charge in [0.05, 0.1) is 5.41 Å². The van der Waals surface area contributed by atoms with E-state index in [1.165, 1.54) is 23.4 Å².